The summed E-state index contributed by atoms with van der Waals surface area (Å²) in [4.78, 5) is 23.2. The van der Waals surface area contributed by atoms with E-state index in [9.17, 15) is 9.59 Å². The molecule has 0 radical (unpaired) electrons. The number of hydrogen-bond donors (Lipinski definition) is 1. The fourth-order valence-corrected chi connectivity index (χ4v) is 1.86. The van der Waals surface area contributed by atoms with Crippen molar-refractivity contribution in [3.8, 4) is 5.75 Å². The highest BCUT2D eigenvalue weighted by atomic mass is 35.5. The van der Waals surface area contributed by atoms with Gasteiger partial charge in [-0.25, -0.2) is 4.79 Å². The zero-order valence-electron chi connectivity index (χ0n) is 10.2. The lowest BCUT2D eigenvalue weighted by atomic mass is 10.0. The Balaban J connectivity index is 2.50. The second kappa shape index (κ2) is 4.17. The molecule has 0 saturated heterocycles. The van der Waals surface area contributed by atoms with Crippen LogP contribution in [0.3, 0.4) is 0 Å². The number of methoxy groups -OCH3 is 1. The van der Waals surface area contributed by atoms with Gasteiger partial charge in [-0.05, 0) is 26.0 Å². The smallest absolute Gasteiger partial charge is 0.337 e. The van der Waals surface area contributed by atoms with Crippen LogP contribution < -0.4 is 10.1 Å². The zero-order valence-corrected chi connectivity index (χ0v) is 10.9. The highest BCUT2D eigenvalue weighted by molar-refractivity contribution is 6.33. The second-order valence-electron chi connectivity index (χ2n) is 4.39. The first-order chi connectivity index (χ1) is 8.35. The maximum atomic E-state index is 11.7. The van der Waals surface area contributed by atoms with E-state index in [4.69, 9.17) is 16.3 Å². The Bertz CT molecular complexity index is 539. The van der Waals surface area contributed by atoms with Crippen LogP contribution >= 0.6 is 11.6 Å². The van der Waals surface area contributed by atoms with E-state index in [0.29, 0.717) is 11.4 Å². The molecule has 18 heavy (non-hydrogen) atoms. The van der Waals surface area contributed by atoms with E-state index in [2.05, 4.69) is 10.1 Å². The van der Waals surface area contributed by atoms with Gasteiger partial charge in [0.25, 0.3) is 5.91 Å². The molecule has 96 valence electrons. The van der Waals surface area contributed by atoms with E-state index in [-0.39, 0.29) is 16.5 Å². The van der Waals surface area contributed by atoms with Gasteiger partial charge in [0.05, 0.1) is 23.4 Å². The molecule has 0 spiro atoms. The summed E-state index contributed by atoms with van der Waals surface area (Å²) >= 11 is 6.04. The molecule has 5 nitrogen and oxygen atoms in total. The summed E-state index contributed by atoms with van der Waals surface area (Å²) in [7, 11) is 1.27. The largest absolute Gasteiger partial charge is 0.474 e. The molecule has 0 aliphatic carbocycles. The molecule has 1 aliphatic rings. The van der Waals surface area contributed by atoms with E-state index in [1.807, 2.05) is 0 Å². The summed E-state index contributed by atoms with van der Waals surface area (Å²) in [6.07, 6.45) is 0. The molecule has 0 fully saturated rings. The molecule has 0 bridgehead atoms. The van der Waals surface area contributed by atoms with Crippen molar-refractivity contribution < 1.29 is 19.1 Å². The van der Waals surface area contributed by atoms with Crippen LogP contribution in [0.25, 0.3) is 0 Å². The van der Waals surface area contributed by atoms with Crippen LogP contribution in [0.15, 0.2) is 12.1 Å². The molecular formula is C12H12ClNO4. The molecular weight excluding hydrogens is 258 g/mol. The number of halogens is 1. The van der Waals surface area contributed by atoms with Crippen molar-refractivity contribution in [2.24, 2.45) is 0 Å². The lowest BCUT2D eigenvalue weighted by Crippen LogP contribution is -2.45. The van der Waals surface area contributed by atoms with Crippen molar-refractivity contribution >= 4 is 29.2 Å². The van der Waals surface area contributed by atoms with Crippen molar-refractivity contribution in [1.29, 1.82) is 0 Å². The number of amides is 1. The van der Waals surface area contributed by atoms with E-state index < -0.39 is 11.6 Å². The fourth-order valence-electron chi connectivity index (χ4n) is 1.60. The van der Waals surface area contributed by atoms with Crippen molar-refractivity contribution in [2.75, 3.05) is 12.4 Å². The summed E-state index contributed by atoms with van der Waals surface area (Å²) in [5.41, 5.74) is -0.374. The minimum atomic E-state index is -0.997. The second-order valence-corrected chi connectivity index (χ2v) is 4.80. The summed E-state index contributed by atoms with van der Waals surface area (Å²) in [6.45, 7) is 3.27. The van der Waals surface area contributed by atoms with E-state index in [1.54, 1.807) is 13.8 Å². The first-order valence-corrected chi connectivity index (χ1v) is 5.65. The van der Waals surface area contributed by atoms with Crippen LogP contribution in [0.2, 0.25) is 5.02 Å². The Kier molecular flexibility index (Phi) is 2.94. The average Bonchev–Trinajstić information content (AvgIpc) is 2.30. The lowest BCUT2D eigenvalue weighted by Gasteiger charge is -2.32. The minimum Gasteiger partial charge on any atom is -0.474 e. The molecule has 0 atom stereocenters. The van der Waals surface area contributed by atoms with Gasteiger partial charge < -0.3 is 14.8 Å². The maximum absolute atomic E-state index is 11.7. The van der Waals surface area contributed by atoms with Gasteiger partial charge in [-0.15, -0.1) is 0 Å². The predicted molar refractivity (Wildman–Crippen MR) is 66.1 cm³/mol. The molecule has 2 rings (SSSR count). The van der Waals surface area contributed by atoms with E-state index in [1.165, 1.54) is 19.2 Å². The summed E-state index contributed by atoms with van der Waals surface area (Å²) in [5.74, 6) is -0.471. The third kappa shape index (κ3) is 2.01. The average molecular weight is 270 g/mol. The van der Waals surface area contributed by atoms with Gasteiger partial charge in [0, 0.05) is 0 Å². The number of esters is 1. The van der Waals surface area contributed by atoms with Crippen LogP contribution in [-0.4, -0.2) is 24.6 Å². The Morgan fingerprint density at radius 3 is 2.72 bits per heavy atom. The quantitative estimate of drug-likeness (QED) is 0.794. The van der Waals surface area contributed by atoms with Crippen molar-refractivity contribution in [3.05, 3.63) is 22.7 Å². The number of fused-ring (bicyclic) bond motifs is 1. The first-order valence-electron chi connectivity index (χ1n) is 5.27. The summed E-state index contributed by atoms with van der Waals surface area (Å²) in [5, 5.41) is 2.91. The van der Waals surface area contributed by atoms with Crippen molar-refractivity contribution in [2.45, 2.75) is 19.4 Å². The van der Waals surface area contributed by atoms with Gasteiger partial charge >= 0.3 is 5.97 Å². The van der Waals surface area contributed by atoms with E-state index >= 15 is 0 Å². The number of ether oxygens (including phenoxy) is 2. The Morgan fingerprint density at radius 1 is 1.44 bits per heavy atom. The third-order valence-corrected chi connectivity index (χ3v) is 2.90. The highest BCUT2D eigenvalue weighted by Gasteiger charge is 2.36. The molecule has 6 heteroatoms. The fraction of sp³-hybridized carbons (Fsp3) is 0.333. The van der Waals surface area contributed by atoms with Gasteiger partial charge in [-0.2, -0.15) is 0 Å². The number of carbonyl (C=O) groups is 2. The molecule has 1 aromatic rings. The minimum absolute atomic E-state index is 0.251. The Hall–Kier alpha value is -1.75. The summed E-state index contributed by atoms with van der Waals surface area (Å²) < 4.78 is 10.1. The number of rotatable bonds is 1. The molecule has 0 unspecified atom stereocenters. The highest BCUT2D eigenvalue weighted by Crippen LogP contribution is 2.40. The SMILES string of the molecule is COC(=O)c1cc(Cl)c2c(c1)NC(=O)C(C)(C)O2. The first kappa shape index (κ1) is 12.7. The lowest BCUT2D eigenvalue weighted by molar-refractivity contribution is -0.129. The zero-order chi connectivity index (χ0) is 13.5. The molecule has 0 aromatic heterocycles. The van der Waals surface area contributed by atoms with E-state index in [0.717, 1.165) is 0 Å². The van der Waals surface area contributed by atoms with Crippen LogP contribution in [-0.2, 0) is 9.53 Å². The molecule has 1 aromatic carbocycles. The number of benzene rings is 1. The number of nitrogens with one attached hydrogen (secondary N) is 1. The van der Waals surface area contributed by atoms with Crippen LogP contribution in [0.4, 0.5) is 5.69 Å². The monoisotopic (exact) mass is 269 g/mol. The molecule has 0 saturated carbocycles. The van der Waals surface area contributed by atoms with Gasteiger partial charge in [0.2, 0.25) is 0 Å². The van der Waals surface area contributed by atoms with Gasteiger partial charge in [-0.1, -0.05) is 11.6 Å². The van der Waals surface area contributed by atoms with Gasteiger partial charge in [0.1, 0.15) is 0 Å². The normalized spacial score (nSPS) is 16.3. The van der Waals surface area contributed by atoms with Crippen LogP contribution in [0.1, 0.15) is 24.2 Å². The van der Waals surface area contributed by atoms with Gasteiger partial charge in [-0.3, -0.25) is 4.79 Å². The topological polar surface area (TPSA) is 64.6 Å². The van der Waals surface area contributed by atoms with Crippen LogP contribution in [0, 0.1) is 0 Å². The predicted octanol–water partition coefficient (Wildman–Crippen LogP) is 2.24. The molecule has 1 N–H and O–H groups in total. The third-order valence-electron chi connectivity index (χ3n) is 2.62. The Morgan fingerprint density at radius 2 is 2.11 bits per heavy atom. The standard InChI is InChI=1S/C12H12ClNO4/c1-12(2)11(16)14-8-5-6(10(15)17-3)4-7(13)9(8)18-12/h4-5H,1-3H3,(H,14,16). The van der Waals surface area contributed by atoms with Crippen LogP contribution in [0.5, 0.6) is 5.75 Å². The Labute approximate surface area is 109 Å². The molecule has 1 amide bonds. The number of carbonyl (C=O) groups excluding carboxylic acids is 2. The molecule has 1 aliphatic heterocycles. The van der Waals surface area contributed by atoms with Crippen molar-refractivity contribution in [3.63, 3.8) is 0 Å². The summed E-state index contributed by atoms with van der Waals surface area (Å²) in [6, 6.07) is 2.92. The van der Waals surface area contributed by atoms with Gasteiger partial charge in [0.15, 0.2) is 11.4 Å². The number of anilines is 1. The number of hydrogen-bond acceptors (Lipinski definition) is 4. The van der Waals surface area contributed by atoms with Crippen molar-refractivity contribution in [1.82, 2.24) is 0 Å². The molecule has 1 heterocycles. The maximum Gasteiger partial charge on any atom is 0.337 e.